The van der Waals surface area contributed by atoms with E-state index in [1.54, 1.807) is 0 Å². The van der Waals surface area contributed by atoms with Crippen molar-refractivity contribution in [2.75, 3.05) is 18.4 Å². The molecule has 0 aromatic heterocycles. The van der Waals surface area contributed by atoms with Gasteiger partial charge < -0.3 is 20.7 Å². The molecule has 3 N–H and O–H groups in total. The lowest BCUT2D eigenvalue weighted by molar-refractivity contribution is -0.129. The Bertz CT molecular complexity index is 1080. The van der Waals surface area contributed by atoms with Gasteiger partial charge in [0, 0.05) is 30.6 Å². The summed E-state index contributed by atoms with van der Waals surface area (Å²) in [5.41, 5.74) is 2.73. The molecule has 3 unspecified atom stereocenters. The maximum absolute atomic E-state index is 12.5. The van der Waals surface area contributed by atoms with Gasteiger partial charge in [-0.05, 0) is 107 Å². The van der Waals surface area contributed by atoms with Crippen molar-refractivity contribution in [2.45, 2.75) is 97.0 Å². The summed E-state index contributed by atoms with van der Waals surface area (Å²) >= 11 is 0. The molecule has 8 nitrogen and oxygen atoms in total. The molecule has 0 radical (unpaired) electrons. The van der Waals surface area contributed by atoms with Crippen LogP contribution in [-0.2, 0) is 25.5 Å². The maximum Gasteiger partial charge on any atom is 0.407 e. The fourth-order valence-electron chi connectivity index (χ4n) is 6.83. The number of amides is 3. The molecule has 0 saturated heterocycles. The minimum Gasteiger partial charge on any atom is -0.444 e. The van der Waals surface area contributed by atoms with Crippen molar-refractivity contribution < 1.29 is 23.9 Å². The summed E-state index contributed by atoms with van der Waals surface area (Å²) < 4.78 is 5.18. The Kier molecular flexibility index (Phi) is 8.48. The lowest BCUT2D eigenvalue weighted by Gasteiger charge is -2.48. The first-order valence-electron chi connectivity index (χ1n) is 14.2. The van der Waals surface area contributed by atoms with Crippen LogP contribution in [0.4, 0.5) is 10.5 Å². The van der Waals surface area contributed by atoms with Gasteiger partial charge in [0.1, 0.15) is 17.8 Å². The fraction of sp³-hybridized carbons (Fsp3) is 0.667. The lowest BCUT2D eigenvalue weighted by Crippen LogP contribution is -2.42. The van der Waals surface area contributed by atoms with E-state index in [0.29, 0.717) is 49.5 Å². The molecule has 208 valence electrons. The third-order valence-electron chi connectivity index (χ3n) is 8.63. The number of nitrogens with one attached hydrogen (secondary N) is 3. The smallest absolute Gasteiger partial charge is 0.407 e. The summed E-state index contributed by atoms with van der Waals surface area (Å²) in [6, 6.07) is 6.15. The molecular weight excluding hydrogens is 482 g/mol. The predicted octanol–water partition coefficient (Wildman–Crippen LogP) is 4.86. The molecule has 2 fully saturated rings. The molecule has 8 heteroatoms. The van der Waals surface area contributed by atoms with Crippen LogP contribution in [0.5, 0.6) is 0 Å². The van der Waals surface area contributed by atoms with Gasteiger partial charge in [-0.15, -0.1) is 0 Å². The Morgan fingerprint density at radius 2 is 1.74 bits per heavy atom. The molecule has 4 atom stereocenters. The van der Waals surface area contributed by atoms with Crippen molar-refractivity contribution in [3.63, 3.8) is 0 Å². The Morgan fingerprint density at radius 1 is 1.00 bits per heavy atom. The van der Waals surface area contributed by atoms with Crippen molar-refractivity contribution in [3.05, 3.63) is 29.3 Å². The summed E-state index contributed by atoms with van der Waals surface area (Å²) in [4.78, 5) is 48.8. The summed E-state index contributed by atoms with van der Waals surface area (Å²) in [6.07, 6.45) is 6.56. The van der Waals surface area contributed by atoms with E-state index in [1.165, 1.54) is 11.1 Å². The molecule has 3 aliphatic rings. The van der Waals surface area contributed by atoms with Crippen LogP contribution < -0.4 is 16.0 Å². The maximum atomic E-state index is 12.5. The highest BCUT2D eigenvalue weighted by molar-refractivity contribution is 6.03. The Labute approximate surface area is 226 Å². The zero-order valence-electron chi connectivity index (χ0n) is 23.3. The molecule has 3 aliphatic carbocycles. The number of ketones is 1. The molecule has 38 heavy (non-hydrogen) atoms. The van der Waals surface area contributed by atoms with Gasteiger partial charge in [0.15, 0.2) is 0 Å². The first kappa shape index (κ1) is 28.1. The number of unbranched alkanes of at least 4 members (excludes halogenated alkanes) is 1. The topological polar surface area (TPSA) is 114 Å². The van der Waals surface area contributed by atoms with Crippen LogP contribution in [0, 0.1) is 17.3 Å². The van der Waals surface area contributed by atoms with E-state index in [4.69, 9.17) is 4.74 Å². The van der Waals surface area contributed by atoms with E-state index in [0.717, 1.165) is 44.2 Å². The van der Waals surface area contributed by atoms with Crippen LogP contribution >= 0.6 is 0 Å². The molecule has 0 heterocycles. The number of ether oxygens (including phenoxy) is 1. The number of fused-ring (bicyclic) bond motifs is 5. The Hall–Kier alpha value is -2.90. The van der Waals surface area contributed by atoms with E-state index < -0.39 is 11.7 Å². The van der Waals surface area contributed by atoms with E-state index in [-0.39, 0.29) is 23.7 Å². The minimum atomic E-state index is -0.531. The van der Waals surface area contributed by atoms with Gasteiger partial charge in [0.05, 0.1) is 0 Å². The van der Waals surface area contributed by atoms with Crippen LogP contribution in [0.25, 0.3) is 0 Å². The number of rotatable bonds is 8. The van der Waals surface area contributed by atoms with Crippen molar-refractivity contribution in [1.82, 2.24) is 10.6 Å². The third kappa shape index (κ3) is 6.56. The Morgan fingerprint density at radius 3 is 2.47 bits per heavy atom. The number of benzene rings is 1. The van der Waals surface area contributed by atoms with Gasteiger partial charge in [0.2, 0.25) is 11.8 Å². The quantitative estimate of drug-likeness (QED) is 0.331. The number of carbonyl (C=O) groups is 4. The van der Waals surface area contributed by atoms with E-state index in [2.05, 4.69) is 35.0 Å². The number of Topliss-reactive ketones (excluding diaryl/α,β-unsaturated/α-hetero) is 1. The second-order valence-electron chi connectivity index (χ2n) is 12.5. The average Bonchev–Trinajstić information content (AvgIpc) is 3.14. The minimum absolute atomic E-state index is 0.121. The van der Waals surface area contributed by atoms with Crippen molar-refractivity contribution in [1.29, 1.82) is 0 Å². The number of aryl methyl sites for hydroxylation is 1. The van der Waals surface area contributed by atoms with Gasteiger partial charge >= 0.3 is 6.09 Å². The highest BCUT2D eigenvalue weighted by Crippen LogP contribution is 2.59. The van der Waals surface area contributed by atoms with Gasteiger partial charge in [-0.25, -0.2) is 4.79 Å². The van der Waals surface area contributed by atoms with Crippen LogP contribution in [0.3, 0.4) is 0 Å². The molecule has 0 bridgehead atoms. The highest BCUT2D eigenvalue weighted by atomic mass is 16.6. The molecule has 1 aromatic carbocycles. The number of hydrogen-bond donors (Lipinski definition) is 3. The van der Waals surface area contributed by atoms with E-state index in [1.807, 2.05) is 26.8 Å². The molecule has 1 aromatic rings. The van der Waals surface area contributed by atoms with Crippen LogP contribution in [0.1, 0.15) is 96.1 Å². The van der Waals surface area contributed by atoms with Gasteiger partial charge in [-0.2, -0.15) is 0 Å². The molecule has 4 rings (SSSR count). The molecule has 0 aliphatic heterocycles. The van der Waals surface area contributed by atoms with Gasteiger partial charge in [-0.1, -0.05) is 13.0 Å². The third-order valence-corrected chi connectivity index (χ3v) is 8.63. The number of carbonyl (C=O) groups excluding carboxylic acids is 4. The predicted molar refractivity (Wildman–Crippen MR) is 146 cm³/mol. The Balaban J connectivity index is 1.19. The monoisotopic (exact) mass is 525 g/mol. The van der Waals surface area contributed by atoms with Crippen LogP contribution in [0.15, 0.2) is 18.2 Å². The summed E-state index contributed by atoms with van der Waals surface area (Å²) in [7, 11) is 0. The van der Waals surface area contributed by atoms with Crippen molar-refractivity contribution in [2.24, 2.45) is 17.3 Å². The van der Waals surface area contributed by atoms with Crippen molar-refractivity contribution >= 4 is 29.4 Å². The molecular formula is C30H43N3O5. The SMILES string of the molecule is CC(C)(C)OC(=O)NCCCCNC(=O)CC(=O)Nc1ccc2c(c1)CCC1C2CC[C@]2(C)C(=O)CCC12. The first-order valence-corrected chi connectivity index (χ1v) is 14.2. The largest absolute Gasteiger partial charge is 0.444 e. The molecule has 2 saturated carbocycles. The summed E-state index contributed by atoms with van der Waals surface area (Å²) in [6.45, 7) is 8.52. The molecule has 3 amide bonds. The van der Waals surface area contributed by atoms with E-state index in [9.17, 15) is 19.2 Å². The number of hydrogen-bond acceptors (Lipinski definition) is 5. The second kappa shape index (κ2) is 11.5. The second-order valence-corrected chi connectivity index (χ2v) is 12.5. The van der Waals surface area contributed by atoms with Crippen LogP contribution in [0.2, 0.25) is 0 Å². The summed E-state index contributed by atoms with van der Waals surface area (Å²) in [5, 5.41) is 8.33. The first-order chi connectivity index (χ1) is 18.0. The van der Waals surface area contributed by atoms with Gasteiger partial charge in [-0.3, -0.25) is 14.4 Å². The number of alkyl carbamates (subject to hydrolysis) is 1. The average molecular weight is 526 g/mol. The molecule has 0 spiro atoms. The highest BCUT2D eigenvalue weighted by Gasteiger charge is 2.54. The zero-order valence-corrected chi connectivity index (χ0v) is 23.3. The van der Waals surface area contributed by atoms with Crippen LogP contribution in [-0.4, -0.2) is 42.4 Å². The zero-order chi connectivity index (χ0) is 27.5. The standard InChI is InChI=1S/C30H43N3O5/c1-29(2,3)38-28(37)32-16-6-5-15-31-26(35)18-27(36)33-20-8-10-21-19(17-20)7-9-23-22(21)13-14-30(4)24(23)11-12-25(30)34/h8,10,17,22-24H,5-7,9,11-16,18H2,1-4H3,(H,31,35)(H,32,37)(H,33,36)/t22?,23?,24?,30-/m0/s1. The normalized spacial score (nSPS) is 26.0. The van der Waals surface area contributed by atoms with Crippen molar-refractivity contribution in [3.8, 4) is 0 Å². The summed E-state index contributed by atoms with van der Waals surface area (Å²) in [5.74, 6) is 1.38. The number of anilines is 1. The lowest BCUT2D eigenvalue weighted by atomic mass is 9.55. The fourth-order valence-corrected chi connectivity index (χ4v) is 6.83. The van der Waals surface area contributed by atoms with Gasteiger partial charge in [0.25, 0.3) is 0 Å². The van der Waals surface area contributed by atoms with E-state index >= 15 is 0 Å².